The van der Waals surface area contributed by atoms with Crippen LogP contribution in [0.5, 0.6) is 0 Å². The van der Waals surface area contributed by atoms with E-state index >= 15 is 0 Å². The van der Waals surface area contributed by atoms with E-state index in [4.69, 9.17) is 0 Å². The quantitative estimate of drug-likeness (QED) is 0.686. The van der Waals surface area contributed by atoms with Crippen LogP contribution in [0.15, 0.2) is 35.1 Å². The number of halogens is 1. The number of carbonyl (C=O) groups is 1. The van der Waals surface area contributed by atoms with Gasteiger partial charge >= 0.3 is 6.09 Å². The van der Waals surface area contributed by atoms with Gasteiger partial charge in [-0.25, -0.2) is 14.8 Å². The maximum absolute atomic E-state index is 11.5. The van der Waals surface area contributed by atoms with Crippen molar-refractivity contribution in [1.82, 2.24) is 24.8 Å². The Labute approximate surface area is 151 Å². The van der Waals surface area contributed by atoms with Gasteiger partial charge in [0.25, 0.3) is 0 Å². The second-order valence-electron chi connectivity index (χ2n) is 6.57. The fraction of sp³-hybridized carbons (Fsp3) is 0.294. The van der Waals surface area contributed by atoms with Crippen LogP contribution in [0.3, 0.4) is 0 Å². The molecule has 2 fully saturated rings. The third kappa shape index (κ3) is 2.39. The van der Waals surface area contributed by atoms with E-state index in [2.05, 4.69) is 35.9 Å². The fourth-order valence-electron chi connectivity index (χ4n) is 3.73. The monoisotopic (exact) mass is 399 g/mol. The maximum Gasteiger partial charge on any atom is 0.408 e. The Morgan fingerprint density at radius 1 is 1.24 bits per heavy atom. The van der Waals surface area contributed by atoms with Gasteiger partial charge in [-0.15, -0.1) is 0 Å². The minimum Gasteiger partial charge on any atom is -0.465 e. The van der Waals surface area contributed by atoms with Crippen LogP contribution in [0, 0.1) is 5.92 Å². The molecule has 0 bridgehead atoms. The highest BCUT2D eigenvalue weighted by Gasteiger charge is 2.55. The van der Waals surface area contributed by atoms with Gasteiger partial charge in [0, 0.05) is 10.5 Å². The topological polar surface area (TPSA) is 95.0 Å². The Balaban J connectivity index is 1.48. The third-order valence-electron chi connectivity index (χ3n) is 5.02. The second-order valence-corrected chi connectivity index (χ2v) is 7.49. The van der Waals surface area contributed by atoms with Crippen LogP contribution in [-0.4, -0.2) is 42.1 Å². The summed E-state index contributed by atoms with van der Waals surface area (Å²) < 4.78 is 0.958. The molecule has 0 spiro atoms. The van der Waals surface area contributed by atoms with Gasteiger partial charge in [0.2, 0.25) is 0 Å². The number of hydrogen-bond donors (Lipinski definition) is 2. The Morgan fingerprint density at radius 2 is 2.12 bits per heavy atom. The van der Waals surface area contributed by atoms with Gasteiger partial charge in [-0.1, -0.05) is 15.9 Å². The smallest absolute Gasteiger partial charge is 0.408 e. The normalized spacial score (nSPS) is 24.5. The first-order valence-corrected chi connectivity index (χ1v) is 8.88. The molecule has 1 aliphatic carbocycles. The summed E-state index contributed by atoms with van der Waals surface area (Å²) in [5.41, 5.74) is 3.05. The number of nitrogens with zero attached hydrogens (tertiary/aromatic N) is 4. The molecule has 7 nitrogen and oxygen atoms in total. The van der Waals surface area contributed by atoms with Crippen LogP contribution in [-0.2, 0) is 0 Å². The second kappa shape index (κ2) is 5.26. The molecule has 25 heavy (non-hydrogen) atoms. The number of benzene rings is 1. The van der Waals surface area contributed by atoms with E-state index in [1.54, 1.807) is 12.4 Å². The van der Waals surface area contributed by atoms with E-state index in [0.717, 1.165) is 34.0 Å². The molecule has 2 N–H and O–H groups in total. The zero-order valence-corrected chi connectivity index (χ0v) is 14.6. The molecule has 1 saturated heterocycles. The van der Waals surface area contributed by atoms with E-state index in [1.165, 1.54) is 4.90 Å². The fourth-order valence-corrected chi connectivity index (χ4v) is 4.07. The molecule has 2 aromatic heterocycles. The molecule has 3 heterocycles. The number of carboxylic acid groups (broad SMARTS) is 1. The summed E-state index contributed by atoms with van der Waals surface area (Å²) in [7, 11) is 0. The number of rotatable bonds is 2. The summed E-state index contributed by atoms with van der Waals surface area (Å²) in [6.45, 7) is 0. The molecule has 0 unspecified atom stereocenters. The molecule has 1 aliphatic heterocycles. The number of nitrogens with one attached hydrogen (secondary N) is 1. The maximum atomic E-state index is 11.5. The molecule has 8 heteroatoms. The van der Waals surface area contributed by atoms with Crippen molar-refractivity contribution in [3.05, 3.63) is 40.9 Å². The van der Waals surface area contributed by atoms with Crippen LogP contribution in [0.25, 0.3) is 22.4 Å². The number of aromatic amines is 1. The molecule has 1 amide bonds. The van der Waals surface area contributed by atoms with Crippen molar-refractivity contribution in [3.63, 3.8) is 0 Å². The van der Waals surface area contributed by atoms with Crippen molar-refractivity contribution in [3.8, 4) is 11.4 Å². The van der Waals surface area contributed by atoms with Crippen molar-refractivity contribution in [1.29, 1.82) is 0 Å². The minimum atomic E-state index is -0.871. The highest BCUT2D eigenvalue weighted by atomic mass is 79.9. The number of amides is 1. The summed E-state index contributed by atoms with van der Waals surface area (Å²) in [6.07, 6.45) is 4.34. The minimum absolute atomic E-state index is 0.162. The standard InChI is InChI=1S/C17H14BrN5O2/c18-9-1-2-10-11(5-9)19-6-12(21-10)13-7-20-16(22-13)15-4-8-3-14(8)23(15)17(24)25/h1-2,5-8,14-15H,3-4H2,(H,20,22)(H,24,25)/t8-,14-,15+/m1/s1. The van der Waals surface area contributed by atoms with Gasteiger partial charge in [0.15, 0.2) is 0 Å². The van der Waals surface area contributed by atoms with Crippen molar-refractivity contribution in [2.24, 2.45) is 5.92 Å². The number of H-pyrrole nitrogens is 1. The molecule has 1 saturated carbocycles. The number of fused-ring (bicyclic) bond motifs is 2. The summed E-state index contributed by atoms with van der Waals surface area (Å²) >= 11 is 3.43. The van der Waals surface area contributed by atoms with E-state index in [1.807, 2.05) is 18.2 Å². The zero-order valence-electron chi connectivity index (χ0n) is 13.1. The van der Waals surface area contributed by atoms with Crippen molar-refractivity contribution >= 4 is 33.1 Å². The summed E-state index contributed by atoms with van der Waals surface area (Å²) in [6, 6.07) is 5.72. The van der Waals surface area contributed by atoms with Gasteiger partial charge < -0.3 is 10.1 Å². The predicted molar refractivity (Wildman–Crippen MR) is 93.9 cm³/mol. The van der Waals surface area contributed by atoms with E-state index in [0.29, 0.717) is 17.4 Å². The molecule has 126 valence electrons. The Hall–Kier alpha value is -2.48. The summed E-state index contributed by atoms with van der Waals surface area (Å²) in [5.74, 6) is 1.16. The van der Waals surface area contributed by atoms with Gasteiger partial charge in [-0.3, -0.25) is 9.88 Å². The first-order valence-electron chi connectivity index (χ1n) is 8.09. The molecule has 2 aliphatic rings. The lowest BCUT2D eigenvalue weighted by Gasteiger charge is -2.22. The Kier molecular flexibility index (Phi) is 3.12. The number of hydrogen-bond acceptors (Lipinski definition) is 4. The van der Waals surface area contributed by atoms with E-state index in [-0.39, 0.29) is 12.1 Å². The molecular formula is C17H14BrN5O2. The molecule has 0 radical (unpaired) electrons. The predicted octanol–water partition coefficient (Wildman–Crippen LogP) is 3.60. The largest absolute Gasteiger partial charge is 0.465 e. The zero-order chi connectivity index (χ0) is 17.1. The first-order chi connectivity index (χ1) is 12.1. The molecule has 5 rings (SSSR count). The number of imidazole rings is 1. The molecule has 1 aromatic carbocycles. The average Bonchev–Trinajstić information content (AvgIpc) is 3.04. The lowest BCUT2D eigenvalue weighted by molar-refractivity contribution is 0.128. The highest BCUT2D eigenvalue weighted by molar-refractivity contribution is 9.10. The summed E-state index contributed by atoms with van der Waals surface area (Å²) in [5, 5.41) is 9.46. The molecular weight excluding hydrogens is 386 g/mol. The van der Waals surface area contributed by atoms with E-state index < -0.39 is 6.09 Å². The van der Waals surface area contributed by atoms with Crippen molar-refractivity contribution in [2.45, 2.75) is 24.9 Å². The molecule has 3 aromatic rings. The highest BCUT2D eigenvalue weighted by Crippen LogP contribution is 2.52. The Bertz CT molecular complexity index is 1000. The third-order valence-corrected chi connectivity index (χ3v) is 5.51. The lowest BCUT2D eigenvalue weighted by atomic mass is 10.1. The number of likely N-dealkylation sites (tertiary alicyclic amines) is 1. The molecule has 3 atom stereocenters. The van der Waals surface area contributed by atoms with E-state index in [9.17, 15) is 9.90 Å². The van der Waals surface area contributed by atoms with Crippen LogP contribution in [0.4, 0.5) is 4.79 Å². The average molecular weight is 400 g/mol. The van der Waals surface area contributed by atoms with Gasteiger partial charge in [0.05, 0.1) is 35.2 Å². The van der Waals surface area contributed by atoms with Crippen LogP contribution >= 0.6 is 15.9 Å². The summed E-state index contributed by atoms with van der Waals surface area (Å²) in [4.78, 5) is 29.8. The van der Waals surface area contributed by atoms with Crippen molar-refractivity contribution < 1.29 is 9.90 Å². The van der Waals surface area contributed by atoms with Gasteiger partial charge in [-0.2, -0.15) is 0 Å². The lowest BCUT2D eigenvalue weighted by Crippen LogP contribution is -2.32. The van der Waals surface area contributed by atoms with Gasteiger partial charge in [0.1, 0.15) is 11.5 Å². The first kappa shape index (κ1) is 14.8. The SMILES string of the molecule is O=C(O)N1[C@@H]2C[C@@H]2C[C@H]1c1ncc(-c2cnc3cc(Br)ccc3n2)[nH]1. The number of aromatic nitrogens is 4. The van der Waals surface area contributed by atoms with Crippen LogP contribution in [0.2, 0.25) is 0 Å². The van der Waals surface area contributed by atoms with Crippen LogP contribution in [0.1, 0.15) is 24.7 Å². The van der Waals surface area contributed by atoms with Gasteiger partial charge in [-0.05, 0) is 37.0 Å². The van der Waals surface area contributed by atoms with Crippen LogP contribution < -0.4 is 0 Å². The Morgan fingerprint density at radius 3 is 2.96 bits per heavy atom. The number of piperidine rings is 1. The van der Waals surface area contributed by atoms with Crippen molar-refractivity contribution in [2.75, 3.05) is 0 Å².